The average molecular weight is 430 g/mol. The normalized spacial score (nSPS) is 18.2. The fourth-order valence-corrected chi connectivity index (χ4v) is 4.07. The first-order chi connectivity index (χ1) is 14.3. The largest absolute Gasteiger partial charge is 0.364 e. The van der Waals surface area contributed by atoms with Crippen molar-refractivity contribution in [1.29, 1.82) is 0 Å². The Morgan fingerprint density at radius 3 is 2.67 bits per heavy atom. The maximum atomic E-state index is 14.0. The zero-order valence-electron chi connectivity index (χ0n) is 16.1. The van der Waals surface area contributed by atoms with Crippen molar-refractivity contribution >= 4 is 34.3 Å². The number of aromatic nitrogens is 2. The molecule has 1 aliphatic rings. The van der Waals surface area contributed by atoms with Gasteiger partial charge in [-0.05, 0) is 36.5 Å². The molecule has 9 heteroatoms. The van der Waals surface area contributed by atoms with Crippen LogP contribution in [0.15, 0.2) is 36.4 Å². The Morgan fingerprint density at radius 2 is 1.97 bits per heavy atom. The molecule has 0 unspecified atom stereocenters. The molecule has 0 saturated heterocycles. The number of fused-ring (bicyclic) bond motifs is 1. The number of nitrogens with zero attached hydrogens (tertiary/aromatic N) is 2. The number of carbonyl (C=O) groups is 2. The van der Waals surface area contributed by atoms with Crippen molar-refractivity contribution in [2.24, 2.45) is 11.5 Å². The second-order valence-electron chi connectivity index (χ2n) is 7.53. The van der Waals surface area contributed by atoms with E-state index in [4.69, 9.17) is 23.1 Å². The van der Waals surface area contributed by atoms with Crippen LogP contribution in [0.4, 0.5) is 4.39 Å². The Balaban J connectivity index is 1.58. The summed E-state index contributed by atoms with van der Waals surface area (Å²) in [7, 11) is 0. The maximum Gasteiger partial charge on any atom is 0.269 e. The van der Waals surface area contributed by atoms with Gasteiger partial charge in [0.1, 0.15) is 12.4 Å². The van der Waals surface area contributed by atoms with E-state index in [9.17, 15) is 14.0 Å². The lowest BCUT2D eigenvalue weighted by Crippen LogP contribution is -2.34. The summed E-state index contributed by atoms with van der Waals surface area (Å²) in [4.78, 5) is 24.5. The minimum absolute atomic E-state index is 0.00541. The highest BCUT2D eigenvalue weighted by Gasteiger charge is 2.31. The van der Waals surface area contributed by atoms with Gasteiger partial charge in [-0.2, -0.15) is 5.10 Å². The number of nitrogens with one attached hydrogen (secondary N) is 1. The molecular formula is C21H21ClFN5O2. The number of halogens is 2. The van der Waals surface area contributed by atoms with Crippen molar-refractivity contribution in [1.82, 2.24) is 15.1 Å². The lowest BCUT2D eigenvalue weighted by molar-refractivity contribution is -0.121. The van der Waals surface area contributed by atoms with Gasteiger partial charge in [0, 0.05) is 23.5 Å². The molecule has 1 fully saturated rings. The van der Waals surface area contributed by atoms with Gasteiger partial charge in [-0.3, -0.25) is 14.3 Å². The van der Waals surface area contributed by atoms with Crippen molar-refractivity contribution in [3.8, 4) is 0 Å². The highest BCUT2D eigenvalue weighted by molar-refractivity contribution is 6.30. The fourth-order valence-electron chi connectivity index (χ4n) is 3.87. The van der Waals surface area contributed by atoms with Crippen LogP contribution in [0.2, 0.25) is 5.02 Å². The highest BCUT2D eigenvalue weighted by atomic mass is 35.5. The molecule has 3 aromatic rings. The summed E-state index contributed by atoms with van der Waals surface area (Å²) < 4.78 is 15.5. The molecule has 7 nitrogen and oxygen atoms in total. The van der Waals surface area contributed by atoms with E-state index >= 15 is 0 Å². The summed E-state index contributed by atoms with van der Waals surface area (Å²) in [5.41, 5.74) is 13.5. The van der Waals surface area contributed by atoms with E-state index in [1.807, 2.05) is 12.1 Å². The van der Waals surface area contributed by atoms with Gasteiger partial charge < -0.3 is 16.8 Å². The zero-order valence-corrected chi connectivity index (χ0v) is 16.8. The van der Waals surface area contributed by atoms with Gasteiger partial charge >= 0.3 is 0 Å². The number of amides is 2. The number of benzene rings is 2. The van der Waals surface area contributed by atoms with Crippen LogP contribution in [0.3, 0.4) is 0 Å². The third-order valence-corrected chi connectivity index (χ3v) is 5.75. The van der Waals surface area contributed by atoms with E-state index in [2.05, 4.69) is 10.4 Å². The predicted molar refractivity (Wildman–Crippen MR) is 111 cm³/mol. The Kier molecular flexibility index (Phi) is 5.44. The second kappa shape index (κ2) is 8.04. The van der Waals surface area contributed by atoms with Crippen LogP contribution in [0.1, 0.15) is 40.4 Å². The molecule has 4 rings (SSSR count). The molecule has 2 amide bonds. The minimum Gasteiger partial charge on any atom is -0.364 e. The first kappa shape index (κ1) is 20.3. The molecule has 156 valence electrons. The molecule has 0 spiro atoms. The van der Waals surface area contributed by atoms with Crippen LogP contribution < -0.4 is 16.8 Å². The smallest absolute Gasteiger partial charge is 0.269 e. The Labute approximate surface area is 177 Å². The number of primary amides is 1. The lowest BCUT2D eigenvalue weighted by Gasteiger charge is -2.33. The molecule has 30 heavy (non-hydrogen) atoms. The first-order valence-electron chi connectivity index (χ1n) is 9.59. The van der Waals surface area contributed by atoms with Gasteiger partial charge in [0.15, 0.2) is 5.69 Å². The summed E-state index contributed by atoms with van der Waals surface area (Å²) >= 11 is 5.77. The Morgan fingerprint density at radius 1 is 1.23 bits per heavy atom. The van der Waals surface area contributed by atoms with Gasteiger partial charge in [0.25, 0.3) is 5.91 Å². The number of hydrogen-bond donors (Lipinski definition) is 3. The summed E-state index contributed by atoms with van der Waals surface area (Å²) in [5.74, 6) is -1.37. The fraction of sp³-hybridized carbons (Fsp3) is 0.286. The third-order valence-electron chi connectivity index (χ3n) is 5.46. The monoisotopic (exact) mass is 429 g/mol. The van der Waals surface area contributed by atoms with E-state index < -0.39 is 11.7 Å². The summed E-state index contributed by atoms with van der Waals surface area (Å²) in [6.45, 7) is -0.155. The van der Waals surface area contributed by atoms with E-state index in [1.54, 1.807) is 18.2 Å². The number of nitrogens with two attached hydrogens (primary N) is 2. The SMILES string of the molecule is NC(=O)c1nn(CC(=O)NCc2cccc(Cl)c2F)c2cccc([C@H]3C[C@@H](N)C3)c12. The summed E-state index contributed by atoms with van der Waals surface area (Å²) in [5, 5.41) is 7.60. The topological polar surface area (TPSA) is 116 Å². The van der Waals surface area contributed by atoms with Gasteiger partial charge in [-0.1, -0.05) is 35.9 Å². The van der Waals surface area contributed by atoms with Crippen LogP contribution in [0.5, 0.6) is 0 Å². The molecule has 0 atom stereocenters. The molecule has 1 saturated carbocycles. The molecule has 1 aliphatic carbocycles. The number of rotatable bonds is 6. The summed E-state index contributed by atoms with van der Waals surface area (Å²) in [6, 6.07) is 10.3. The van der Waals surface area contributed by atoms with Gasteiger partial charge in [-0.25, -0.2) is 4.39 Å². The van der Waals surface area contributed by atoms with E-state index in [1.165, 1.54) is 10.7 Å². The first-order valence-corrected chi connectivity index (χ1v) is 9.97. The molecule has 1 heterocycles. The molecule has 2 aromatic carbocycles. The summed E-state index contributed by atoms with van der Waals surface area (Å²) in [6.07, 6.45) is 1.66. The molecule has 1 aromatic heterocycles. The van der Waals surface area contributed by atoms with Gasteiger partial charge in [0.05, 0.1) is 10.5 Å². The van der Waals surface area contributed by atoms with Crippen molar-refractivity contribution in [2.75, 3.05) is 0 Å². The van der Waals surface area contributed by atoms with E-state index in [0.29, 0.717) is 10.9 Å². The average Bonchev–Trinajstić information content (AvgIpc) is 3.06. The second-order valence-corrected chi connectivity index (χ2v) is 7.94. The van der Waals surface area contributed by atoms with Crippen molar-refractivity contribution in [2.45, 2.75) is 37.9 Å². The Hall–Kier alpha value is -2.97. The number of hydrogen-bond acceptors (Lipinski definition) is 4. The van der Waals surface area contributed by atoms with Crippen molar-refractivity contribution in [3.63, 3.8) is 0 Å². The van der Waals surface area contributed by atoms with Gasteiger partial charge in [-0.15, -0.1) is 0 Å². The highest BCUT2D eigenvalue weighted by Crippen LogP contribution is 2.40. The number of carbonyl (C=O) groups excluding carboxylic acids is 2. The maximum absolute atomic E-state index is 14.0. The molecule has 0 aliphatic heterocycles. The van der Waals surface area contributed by atoms with Gasteiger partial charge in [0.2, 0.25) is 5.91 Å². The van der Waals surface area contributed by atoms with Crippen LogP contribution in [-0.4, -0.2) is 27.6 Å². The van der Waals surface area contributed by atoms with Crippen LogP contribution in [-0.2, 0) is 17.9 Å². The molecule has 0 radical (unpaired) electrons. The zero-order chi connectivity index (χ0) is 21.4. The minimum atomic E-state index is -0.656. The molecular weight excluding hydrogens is 409 g/mol. The van der Waals surface area contributed by atoms with Crippen LogP contribution in [0, 0.1) is 5.82 Å². The standard InChI is InChI=1S/C21H21ClFN5O2/c22-15-5-1-3-11(19(15)23)9-26-17(29)10-28-16-6-2-4-14(12-7-13(24)8-12)18(16)20(27-28)21(25)30/h1-6,12-13H,7-10,24H2,(H2,25,30)(H,26,29)/t12-,13+. The van der Waals surface area contributed by atoms with Crippen LogP contribution in [0.25, 0.3) is 10.9 Å². The predicted octanol–water partition coefficient (Wildman–Crippen LogP) is 2.45. The van der Waals surface area contributed by atoms with Crippen LogP contribution >= 0.6 is 11.6 Å². The Bertz CT molecular complexity index is 1140. The third kappa shape index (κ3) is 3.76. The quantitative estimate of drug-likeness (QED) is 0.558. The molecule has 0 bridgehead atoms. The lowest BCUT2D eigenvalue weighted by atomic mass is 9.75. The van der Waals surface area contributed by atoms with E-state index in [0.717, 1.165) is 18.4 Å². The van der Waals surface area contributed by atoms with Crippen molar-refractivity contribution in [3.05, 3.63) is 64.1 Å². The van der Waals surface area contributed by atoms with Crippen molar-refractivity contribution < 1.29 is 14.0 Å². The van der Waals surface area contributed by atoms with E-state index in [-0.39, 0.29) is 47.2 Å². The molecule has 5 N–H and O–H groups in total.